The van der Waals surface area contributed by atoms with Crippen molar-refractivity contribution in [3.63, 3.8) is 0 Å². The van der Waals surface area contributed by atoms with Gasteiger partial charge in [-0.3, -0.25) is 19.0 Å². The number of fused-ring (bicyclic) bond motifs is 1. The number of hydrogen-bond acceptors (Lipinski definition) is 6. The molecule has 1 fully saturated rings. The first-order chi connectivity index (χ1) is 13.3. The fourth-order valence-corrected chi connectivity index (χ4v) is 5.28. The van der Waals surface area contributed by atoms with Crippen LogP contribution in [0.15, 0.2) is 22.6 Å². The molecule has 0 radical (unpaired) electrons. The summed E-state index contributed by atoms with van der Waals surface area (Å²) >= 11 is 2.73. The Bertz CT molecular complexity index is 987. The molecule has 9 heteroatoms. The summed E-state index contributed by atoms with van der Waals surface area (Å²) < 4.78 is 1.56. The van der Waals surface area contributed by atoms with Crippen LogP contribution in [0.2, 0.25) is 0 Å². The average molecular weight is 422 g/mol. The Hall–Kier alpha value is -2.13. The first-order valence-corrected chi connectivity index (χ1v) is 10.9. The number of nitrogens with zero attached hydrogens (tertiary/aromatic N) is 3. The van der Waals surface area contributed by atoms with Gasteiger partial charge in [0.05, 0.1) is 17.1 Å². The number of thioether (sulfide) groups is 1. The second kappa shape index (κ2) is 8.48. The number of aromatic nitrogens is 2. The Morgan fingerprint density at radius 2 is 2.04 bits per heavy atom. The molecule has 3 heterocycles. The van der Waals surface area contributed by atoms with Crippen molar-refractivity contribution >= 4 is 45.2 Å². The van der Waals surface area contributed by atoms with E-state index in [-0.39, 0.29) is 23.1 Å². The number of carbonyl (C=O) groups is 2. The third kappa shape index (κ3) is 4.00. The van der Waals surface area contributed by atoms with Crippen LogP contribution in [0, 0.1) is 19.8 Å². The van der Waals surface area contributed by atoms with Crippen LogP contribution in [0.25, 0.3) is 10.2 Å². The lowest BCUT2D eigenvalue weighted by Crippen LogP contribution is -2.41. The summed E-state index contributed by atoms with van der Waals surface area (Å²) in [5.74, 6) is -1.07. The number of amides is 1. The van der Waals surface area contributed by atoms with E-state index in [2.05, 4.69) is 11.6 Å². The lowest BCUT2D eigenvalue weighted by molar-refractivity contribution is -0.145. The molecule has 0 aliphatic carbocycles. The highest BCUT2D eigenvalue weighted by atomic mass is 32.2. The van der Waals surface area contributed by atoms with Gasteiger partial charge in [-0.25, -0.2) is 4.98 Å². The Labute approximate surface area is 171 Å². The largest absolute Gasteiger partial charge is 0.481 e. The number of aliphatic carboxylic acids is 1. The zero-order chi connectivity index (χ0) is 20.4. The summed E-state index contributed by atoms with van der Waals surface area (Å²) in [5, 5.41) is 10.2. The average Bonchev–Trinajstić information content (AvgIpc) is 2.96. The van der Waals surface area contributed by atoms with E-state index in [1.54, 1.807) is 15.5 Å². The van der Waals surface area contributed by atoms with Gasteiger partial charge in [0.15, 0.2) is 5.16 Å². The van der Waals surface area contributed by atoms with Crippen molar-refractivity contribution in [2.75, 3.05) is 18.8 Å². The lowest BCUT2D eigenvalue weighted by Gasteiger charge is -2.30. The van der Waals surface area contributed by atoms with E-state index in [1.807, 2.05) is 13.8 Å². The van der Waals surface area contributed by atoms with Gasteiger partial charge >= 0.3 is 5.97 Å². The topological polar surface area (TPSA) is 92.5 Å². The van der Waals surface area contributed by atoms with Crippen LogP contribution in [-0.2, 0) is 16.1 Å². The molecule has 3 rings (SSSR count). The van der Waals surface area contributed by atoms with Crippen molar-refractivity contribution in [2.45, 2.75) is 38.4 Å². The Morgan fingerprint density at radius 1 is 1.36 bits per heavy atom. The van der Waals surface area contributed by atoms with Gasteiger partial charge in [0.1, 0.15) is 4.83 Å². The lowest BCUT2D eigenvalue weighted by atomic mass is 9.97. The molecule has 2 aromatic rings. The molecule has 28 heavy (non-hydrogen) atoms. The van der Waals surface area contributed by atoms with E-state index in [0.717, 1.165) is 10.4 Å². The summed E-state index contributed by atoms with van der Waals surface area (Å²) in [6, 6.07) is 0. The molecule has 2 aromatic heterocycles. The molecule has 1 amide bonds. The number of carboxylic acids is 1. The third-order valence-corrected chi connectivity index (χ3v) is 7.15. The van der Waals surface area contributed by atoms with Gasteiger partial charge in [0.2, 0.25) is 5.91 Å². The van der Waals surface area contributed by atoms with Crippen LogP contribution in [0.5, 0.6) is 0 Å². The molecule has 0 aromatic carbocycles. The van der Waals surface area contributed by atoms with Crippen molar-refractivity contribution in [1.29, 1.82) is 0 Å². The van der Waals surface area contributed by atoms with Gasteiger partial charge in [-0.15, -0.1) is 17.9 Å². The molecule has 1 N–H and O–H groups in total. The zero-order valence-electron chi connectivity index (χ0n) is 15.9. The summed E-state index contributed by atoms with van der Waals surface area (Å²) in [7, 11) is 0. The first kappa shape index (κ1) is 20.6. The SMILES string of the molecule is C=CCn1c(SCC(=O)N2CCC(C(=O)O)CC2)nc2sc(C)c(C)c2c1=O. The minimum absolute atomic E-state index is 0.0631. The quantitative estimate of drug-likeness (QED) is 0.438. The van der Waals surface area contributed by atoms with Gasteiger partial charge in [-0.05, 0) is 32.3 Å². The number of likely N-dealkylation sites (tertiary alicyclic amines) is 1. The highest BCUT2D eigenvalue weighted by Gasteiger charge is 2.27. The van der Waals surface area contributed by atoms with Crippen molar-refractivity contribution < 1.29 is 14.7 Å². The number of rotatable bonds is 6. The fourth-order valence-electron chi connectivity index (χ4n) is 3.30. The number of thiophene rings is 1. The van der Waals surface area contributed by atoms with Gasteiger partial charge in [-0.2, -0.15) is 0 Å². The Morgan fingerprint density at radius 3 is 2.64 bits per heavy atom. The fraction of sp³-hybridized carbons (Fsp3) is 0.474. The Balaban J connectivity index is 1.77. The van der Waals surface area contributed by atoms with Crippen molar-refractivity contribution in [2.24, 2.45) is 5.92 Å². The number of carboxylic acid groups (broad SMARTS) is 1. The summed E-state index contributed by atoms with van der Waals surface area (Å²) in [6.45, 7) is 8.84. The zero-order valence-corrected chi connectivity index (χ0v) is 17.6. The van der Waals surface area contributed by atoms with Crippen molar-refractivity contribution in [3.8, 4) is 0 Å². The van der Waals surface area contributed by atoms with Gasteiger partial charge in [0.25, 0.3) is 5.56 Å². The van der Waals surface area contributed by atoms with E-state index in [9.17, 15) is 14.4 Å². The molecule has 150 valence electrons. The number of aryl methyl sites for hydroxylation is 2. The smallest absolute Gasteiger partial charge is 0.306 e. The summed E-state index contributed by atoms with van der Waals surface area (Å²) in [5.41, 5.74) is 0.841. The first-order valence-electron chi connectivity index (χ1n) is 9.08. The van der Waals surface area contributed by atoms with E-state index >= 15 is 0 Å². The molecule has 0 saturated carbocycles. The predicted molar refractivity (Wildman–Crippen MR) is 111 cm³/mol. The van der Waals surface area contributed by atoms with Crippen LogP contribution in [0.4, 0.5) is 0 Å². The second-order valence-corrected chi connectivity index (χ2v) is 8.99. The minimum Gasteiger partial charge on any atom is -0.481 e. The molecule has 0 spiro atoms. The highest BCUT2D eigenvalue weighted by Crippen LogP contribution is 2.28. The van der Waals surface area contributed by atoms with Crippen LogP contribution >= 0.6 is 23.1 Å². The molecular formula is C19H23N3O4S2. The Kier molecular flexibility index (Phi) is 6.24. The third-order valence-electron chi connectivity index (χ3n) is 5.09. The van der Waals surface area contributed by atoms with Gasteiger partial charge in [-0.1, -0.05) is 17.8 Å². The molecule has 1 aliphatic heterocycles. The van der Waals surface area contributed by atoms with Gasteiger partial charge < -0.3 is 10.0 Å². The molecule has 0 unspecified atom stereocenters. The van der Waals surface area contributed by atoms with Crippen LogP contribution in [0.3, 0.4) is 0 Å². The molecule has 0 atom stereocenters. The number of piperidine rings is 1. The van der Waals surface area contributed by atoms with E-state index < -0.39 is 5.97 Å². The van der Waals surface area contributed by atoms with E-state index in [1.165, 1.54) is 23.1 Å². The van der Waals surface area contributed by atoms with E-state index in [4.69, 9.17) is 5.11 Å². The van der Waals surface area contributed by atoms with Gasteiger partial charge in [0, 0.05) is 24.5 Å². The van der Waals surface area contributed by atoms with Crippen LogP contribution < -0.4 is 5.56 Å². The highest BCUT2D eigenvalue weighted by molar-refractivity contribution is 7.99. The normalized spacial score (nSPS) is 15.1. The monoisotopic (exact) mass is 421 g/mol. The molecule has 1 saturated heterocycles. The summed E-state index contributed by atoms with van der Waals surface area (Å²) in [4.78, 5) is 44.6. The molecule has 1 aliphatic rings. The minimum atomic E-state index is -0.797. The number of carbonyl (C=O) groups excluding carboxylic acids is 1. The summed E-state index contributed by atoms with van der Waals surface area (Å²) in [6.07, 6.45) is 2.60. The predicted octanol–water partition coefficient (Wildman–Crippen LogP) is 2.68. The second-order valence-electron chi connectivity index (χ2n) is 6.84. The van der Waals surface area contributed by atoms with Crippen molar-refractivity contribution in [3.05, 3.63) is 33.4 Å². The van der Waals surface area contributed by atoms with E-state index in [0.29, 0.717) is 47.8 Å². The van der Waals surface area contributed by atoms with Crippen molar-refractivity contribution in [1.82, 2.24) is 14.5 Å². The van der Waals surface area contributed by atoms with Crippen LogP contribution in [-0.4, -0.2) is 50.3 Å². The molecular weight excluding hydrogens is 398 g/mol. The maximum Gasteiger partial charge on any atom is 0.306 e. The number of allylic oxidation sites excluding steroid dienone is 1. The standard InChI is InChI=1S/C19H23N3O4S2/c1-4-7-22-17(24)15-11(2)12(3)28-16(15)20-19(22)27-10-14(23)21-8-5-13(6-9-21)18(25)26/h4,13H,1,5-10H2,2-3H3,(H,25,26). The molecule has 7 nitrogen and oxygen atoms in total. The molecule has 0 bridgehead atoms. The maximum absolute atomic E-state index is 12.9. The van der Waals surface area contributed by atoms with Crippen LogP contribution in [0.1, 0.15) is 23.3 Å². The number of hydrogen-bond donors (Lipinski definition) is 1. The maximum atomic E-state index is 12.9.